The lowest BCUT2D eigenvalue weighted by molar-refractivity contribution is 0.317. The lowest BCUT2D eigenvalue weighted by Crippen LogP contribution is -2.38. The van der Waals surface area contributed by atoms with Crippen LogP contribution in [0.2, 0.25) is 0 Å². The normalized spacial score (nSPS) is 16.5. The predicted octanol–water partition coefficient (Wildman–Crippen LogP) is 3.21. The molecular weight excluding hydrogens is 362 g/mol. The number of ether oxygens (including phenoxy) is 1. The van der Waals surface area contributed by atoms with Crippen LogP contribution in [0.1, 0.15) is 24.5 Å². The monoisotopic (exact) mass is 383 g/mol. The second-order valence-corrected chi connectivity index (χ2v) is 8.60. The van der Waals surface area contributed by atoms with Gasteiger partial charge in [0.05, 0.1) is 17.5 Å². The van der Waals surface area contributed by atoms with E-state index in [9.17, 15) is 8.42 Å². The number of hydrogen-bond acceptors (Lipinski definition) is 5. The summed E-state index contributed by atoms with van der Waals surface area (Å²) < 4.78 is 32.4. The van der Waals surface area contributed by atoms with Crippen LogP contribution in [0, 0.1) is 0 Å². The van der Waals surface area contributed by atoms with Gasteiger partial charge in [-0.05, 0) is 55.3 Å². The van der Waals surface area contributed by atoms with E-state index in [2.05, 4.69) is 9.97 Å². The third-order valence-electron chi connectivity index (χ3n) is 5.08. The van der Waals surface area contributed by atoms with Crippen molar-refractivity contribution in [2.24, 2.45) is 0 Å². The van der Waals surface area contributed by atoms with E-state index in [1.807, 2.05) is 24.4 Å². The highest BCUT2D eigenvalue weighted by Gasteiger charge is 2.30. The van der Waals surface area contributed by atoms with E-state index in [0.29, 0.717) is 23.7 Å². The van der Waals surface area contributed by atoms with Crippen molar-refractivity contribution in [2.75, 3.05) is 20.2 Å². The van der Waals surface area contributed by atoms with Gasteiger partial charge in [-0.1, -0.05) is 0 Å². The molecule has 0 aliphatic carbocycles. The van der Waals surface area contributed by atoms with E-state index < -0.39 is 10.0 Å². The summed E-state index contributed by atoms with van der Waals surface area (Å²) in [5.41, 5.74) is 1.92. The Labute approximate surface area is 158 Å². The van der Waals surface area contributed by atoms with E-state index in [1.165, 1.54) is 0 Å². The number of benzene rings is 1. The van der Waals surface area contributed by atoms with Crippen LogP contribution in [0.25, 0.3) is 10.9 Å². The van der Waals surface area contributed by atoms with Crippen LogP contribution in [0.5, 0.6) is 5.75 Å². The summed E-state index contributed by atoms with van der Waals surface area (Å²) in [5, 5.41) is 1.01. The Morgan fingerprint density at radius 3 is 2.52 bits per heavy atom. The Morgan fingerprint density at radius 1 is 1.07 bits per heavy atom. The molecule has 0 unspecified atom stereocenters. The van der Waals surface area contributed by atoms with E-state index in [4.69, 9.17) is 4.74 Å². The second kappa shape index (κ2) is 7.25. The zero-order valence-corrected chi connectivity index (χ0v) is 15.9. The van der Waals surface area contributed by atoms with E-state index >= 15 is 0 Å². The maximum atomic E-state index is 12.9. The molecule has 3 heterocycles. The molecule has 1 aliphatic heterocycles. The Hall–Kier alpha value is -2.51. The molecule has 4 rings (SSSR count). The number of aromatic nitrogens is 2. The number of sulfonamides is 1. The van der Waals surface area contributed by atoms with Crippen LogP contribution in [0.15, 0.2) is 59.8 Å². The molecule has 0 N–H and O–H groups in total. The number of hydrogen-bond donors (Lipinski definition) is 0. The number of fused-ring (bicyclic) bond motifs is 1. The summed E-state index contributed by atoms with van der Waals surface area (Å²) in [5.74, 6) is 0.891. The first-order valence-electron chi connectivity index (χ1n) is 8.93. The third kappa shape index (κ3) is 3.52. The summed E-state index contributed by atoms with van der Waals surface area (Å²) >= 11 is 0. The van der Waals surface area contributed by atoms with Gasteiger partial charge in [-0.25, -0.2) is 8.42 Å². The number of piperidine rings is 1. The molecule has 3 aromatic rings. The average molecular weight is 383 g/mol. The molecule has 1 fully saturated rings. The number of rotatable bonds is 4. The van der Waals surface area contributed by atoms with Gasteiger partial charge in [-0.15, -0.1) is 0 Å². The van der Waals surface area contributed by atoms with Crippen molar-refractivity contribution >= 4 is 20.9 Å². The molecule has 27 heavy (non-hydrogen) atoms. The molecule has 0 bridgehead atoms. The van der Waals surface area contributed by atoms with Crippen LogP contribution in [0.3, 0.4) is 0 Å². The molecule has 7 heteroatoms. The molecule has 0 radical (unpaired) electrons. The molecule has 2 aromatic heterocycles. The number of nitrogens with zero attached hydrogens (tertiary/aromatic N) is 3. The number of pyridine rings is 2. The van der Waals surface area contributed by atoms with Gasteiger partial charge < -0.3 is 4.74 Å². The lowest BCUT2D eigenvalue weighted by atomic mass is 9.94. The number of methoxy groups -OCH3 is 1. The minimum absolute atomic E-state index is 0.249. The average Bonchev–Trinajstić information content (AvgIpc) is 2.73. The summed E-state index contributed by atoms with van der Waals surface area (Å²) in [6.45, 7) is 0.974. The molecule has 140 valence electrons. The first kappa shape index (κ1) is 17.9. The van der Waals surface area contributed by atoms with Crippen molar-refractivity contribution in [3.8, 4) is 5.75 Å². The third-order valence-corrected chi connectivity index (χ3v) is 6.99. The highest BCUT2D eigenvalue weighted by Crippen LogP contribution is 2.31. The fourth-order valence-electron chi connectivity index (χ4n) is 3.49. The lowest BCUT2D eigenvalue weighted by Gasteiger charge is -2.31. The molecule has 1 aliphatic rings. The van der Waals surface area contributed by atoms with Gasteiger partial charge in [0, 0.05) is 42.5 Å². The standard InChI is InChI=1S/C20H21N3O3S/c1-26-17-4-6-18(7-5-17)27(24,25)23-11-8-15(9-12-23)19-13-20-16(14-22-19)3-2-10-21-20/h2-7,10,13-15H,8-9,11-12H2,1H3. The Bertz CT molecular complexity index is 1040. The molecule has 0 spiro atoms. The van der Waals surface area contributed by atoms with Crippen molar-refractivity contribution in [1.29, 1.82) is 0 Å². The SMILES string of the molecule is COc1ccc(S(=O)(=O)N2CCC(c3cc4ncccc4cn3)CC2)cc1. The molecule has 1 saturated heterocycles. The van der Waals surface area contributed by atoms with Gasteiger partial charge >= 0.3 is 0 Å². The molecule has 0 atom stereocenters. The minimum atomic E-state index is -3.48. The Balaban J connectivity index is 1.48. The van der Waals surface area contributed by atoms with E-state index in [-0.39, 0.29) is 5.92 Å². The summed E-state index contributed by atoms with van der Waals surface area (Å²) in [7, 11) is -1.92. The van der Waals surface area contributed by atoms with Gasteiger partial charge in [0.1, 0.15) is 5.75 Å². The van der Waals surface area contributed by atoms with Crippen LogP contribution < -0.4 is 4.74 Å². The summed E-state index contributed by atoms with van der Waals surface area (Å²) in [6.07, 6.45) is 5.12. The van der Waals surface area contributed by atoms with Crippen LogP contribution in [-0.2, 0) is 10.0 Å². The molecule has 1 aromatic carbocycles. The summed E-state index contributed by atoms with van der Waals surface area (Å²) in [6, 6.07) is 12.4. The largest absolute Gasteiger partial charge is 0.497 e. The topological polar surface area (TPSA) is 72.4 Å². The van der Waals surface area contributed by atoms with Crippen LogP contribution in [-0.4, -0.2) is 42.9 Å². The molecule has 0 saturated carbocycles. The van der Waals surface area contributed by atoms with E-state index in [0.717, 1.165) is 29.4 Å². The van der Waals surface area contributed by atoms with E-state index in [1.54, 1.807) is 41.9 Å². The highest BCUT2D eigenvalue weighted by molar-refractivity contribution is 7.89. The van der Waals surface area contributed by atoms with Gasteiger partial charge in [0.2, 0.25) is 10.0 Å². The van der Waals surface area contributed by atoms with Crippen molar-refractivity contribution in [3.05, 3.63) is 60.6 Å². The van der Waals surface area contributed by atoms with Crippen LogP contribution in [0.4, 0.5) is 0 Å². The molecular formula is C20H21N3O3S. The van der Waals surface area contributed by atoms with Crippen molar-refractivity contribution in [2.45, 2.75) is 23.7 Å². The smallest absolute Gasteiger partial charge is 0.243 e. The quantitative estimate of drug-likeness (QED) is 0.692. The fraction of sp³-hybridized carbons (Fsp3) is 0.300. The summed E-state index contributed by atoms with van der Waals surface area (Å²) in [4.78, 5) is 9.26. The van der Waals surface area contributed by atoms with Crippen molar-refractivity contribution in [3.63, 3.8) is 0 Å². The zero-order valence-electron chi connectivity index (χ0n) is 15.1. The Kier molecular flexibility index (Phi) is 4.80. The van der Waals surface area contributed by atoms with Gasteiger partial charge in [0.15, 0.2) is 0 Å². The van der Waals surface area contributed by atoms with Crippen molar-refractivity contribution in [1.82, 2.24) is 14.3 Å². The van der Waals surface area contributed by atoms with Gasteiger partial charge in [-0.3, -0.25) is 9.97 Å². The predicted molar refractivity (Wildman–Crippen MR) is 103 cm³/mol. The van der Waals surface area contributed by atoms with Gasteiger partial charge in [0.25, 0.3) is 0 Å². The first-order valence-corrected chi connectivity index (χ1v) is 10.4. The zero-order chi connectivity index (χ0) is 18.9. The second-order valence-electron chi connectivity index (χ2n) is 6.66. The van der Waals surface area contributed by atoms with Crippen molar-refractivity contribution < 1.29 is 13.2 Å². The maximum absolute atomic E-state index is 12.9. The highest BCUT2D eigenvalue weighted by atomic mass is 32.2. The first-order chi connectivity index (χ1) is 13.1. The fourth-order valence-corrected chi connectivity index (χ4v) is 4.96. The van der Waals surface area contributed by atoms with Gasteiger partial charge in [-0.2, -0.15) is 4.31 Å². The molecule has 6 nitrogen and oxygen atoms in total. The molecule has 0 amide bonds. The van der Waals surface area contributed by atoms with Crippen LogP contribution >= 0.6 is 0 Å². The maximum Gasteiger partial charge on any atom is 0.243 e. The minimum Gasteiger partial charge on any atom is -0.497 e. The Morgan fingerprint density at radius 2 is 1.81 bits per heavy atom.